The van der Waals surface area contributed by atoms with Crippen molar-refractivity contribution in [2.24, 2.45) is 0 Å². The third kappa shape index (κ3) is 3.82. The zero-order chi connectivity index (χ0) is 20.4. The number of nitrogens with zero attached hydrogens (tertiary/aromatic N) is 4. The van der Waals surface area contributed by atoms with Crippen LogP contribution in [0.15, 0.2) is 66.7 Å². The highest BCUT2D eigenvalue weighted by Crippen LogP contribution is 2.28. The molecule has 0 saturated carbocycles. The molecule has 4 rings (SSSR count). The summed E-state index contributed by atoms with van der Waals surface area (Å²) in [5, 5.41) is 9.37. The van der Waals surface area contributed by atoms with Crippen molar-refractivity contribution < 1.29 is 8.78 Å². The molecular formula is C22H11ClF2N4. The molecule has 0 bridgehead atoms. The van der Waals surface area contributed by atoms with Crippen molar-refractivity contribution >= 4 is 11.6 Å². The molecule has 0 atom stereocenters. The van der Waals surface area contributed by atoms with E-state index in [2.05, 4.69) is 15.0 Å². The molecule has 29 heavy (non-hydrogen) atoms. The maximum absolute atomic E-state index is 14.5. The number of benzene rings is 3. The third-order valence-electron chi connectivity index (χ3n) is 4.18. The van der Waals surface area contributed by atoms with Crippen LogP contribution in [0.25, 0.3) is 34.2 Å². The van der Waals surface area contributed by atoms with Gasteiger partial charge in [0.1, 0.15) is 11.6 Å². The monoisotopic (exact) mass is 404 g/mol. The Balaban J connectivity index is 1.98. The molecule has 0 fully saturated rings. The molecule has 140 valence electrons. The van der Waals surface area contributed by atoms with Crippen molar-refractivity contribution in [3.05, 3.63) is 89.0 Å². The largest absolute Gasteiger partial charge is 0.208 e. The first kappa shape index (κ1) is 18.7. The summed E-state index contributed by atoms with van der Waals surface area (Å²) in [5.74, 6) is -0.930. The number of hydrogen-bond acceptors (Lipinski definition) is 4. The van der Waals surface area contributed by atoms with E-state index in [4.69, 9.17) is 16.9 Å². The van der Waals surface area contributed by atoms with Gasteiger partial charge >= 0.3 is 0 Å². The molecule has 0 N–H and O–H groups in total. The van der Waals surface area contributed by atoms with E-state index in [9.17, 15) is 8.78 Å². The molecular weight excluding hydrogens is 394 g/mol. The molecule has 0 aliphatic rings. The summed E-state index contributed by atoms with van der Waals surface area (Å²) in [6, 6.07) is 19.0. The summed E-state index contributed by atoms with van der Waals surface area (Å²) >= 11 is 5.84. The smallest absolute Gasteiger partial charge is 0.167 e. The van der Waals surface area contributed by atoms with Crippen LogP contribution in [0.3, 0.4) is 0 Å². The van der Waals surface area contributed by atoms with Gasteiger partial charge in [0, 0.05) is 10.6 Å². The Morgan fingerprint density at radius 1 is 0.724 bits per heavy atom. The number of nitriles is 1. The highest BCUT2D eigenvalue weighted by Gasteiger charge is 2.17. The number of halogens is 3. The number of hydrogen-bond donors (Lipinski definition) is 0. The van der Waals surface area contributed by atoms with E-state index in [0.717, 1.165) is 6.07 Å². The molecule has 1 aromatic heterocycles. The van der Waals surface area contributed by atoms with Gasteiger partial charge in [-0.05, 0) is 36.4 Å². The van der Waals surface area contributed by atoms with Crippen LogP contribution >= 0.6 is 11.6 Å². The molecule has 0 spiro atoms. The summed E-state index contributed by atoms with van der Waals surface area (Å²) in [6.45, 7) is 0. The molecule has 1 heterocycles. The average molecular weight is 405 g/mol. The maximum Gasteiger partial charge on any atom is 0.167 e. The molecule has 0 amide bonds. The van der Waals surface area contributed by atoms with Gasteiger partial charge in [0.25, 0.3) is 0 Å². The van der Waals surface area contributed by atoms with Crippen molar-refractivity contribution in [1.29, 1.82) is 5.26 Å². The van der Waals surface area contributed by atoms with Gasteiger partial charge in [-0.1, -0.05) is 41.9 Å². The van der Waals surface area contributed by atoms with Crippen LogP contribution in [0.2, 0.25) is 5.02 Å². The Labute approximate surface area is 170 Å². The minimum atomic E-state index is -0.611. The van der Waals surface area contributed by atoms with E-state index in [1.54, 1.807) is 24.3 Å². The van der Waals surface area contributed by atoms with Gasteiger partial charge in [-0.3, -0.25) is 0 Å². The van der Waals surface area contributed by atoms with Crippen molar-refractivity contribution in [3.63, 3.8) is 0 Å². The molecule has 0 aliphatic carbocycles. The molecule has 3 aromatic carbocycles. The molecule has 0 unspecified atom stereocenters. The van der Waals surface area contributed by atoms with E-state index in [1.165, 1.54) is 30.3 Å². The van der Waals surface area contributed by atoms with Crippen LogP contribution in [-0.2, 0) is 0 Å². The Hall–Kier alpha value is -3.69. The van der Waals surface area contributed by atoms with Gasteiger partial charge in [0.2, 0.25) is 0 Å². The first-order chi connectivity index (χ1) is 14.0. The fraction of sp³-hybridized carbons (Fsp3) is 0. The summed E-state index contributed by atoms with van der Waals surface area (Å²) in [6.07, 6.45) is 0. The van der Waals surface area contributed by atoms with Crippen LogP contribution in [0.5, 0.6) is 0 Å². The molecule has 0 radical (unpaired) electrons. The van der Waals surface area contributed by atoms with E-state index < -0.39 is 11.6 Å². The fourth-order valence-electron chi connectivity index (χ4n) is 2.77. The second-order valence-electron chi connectivity index (χ2n) is 6.10. The summed E-state index contributed by atoms with van der Waals surface area (Å²) in [7, 11) is 0. The highest BCUT2D eigenvalue weighted by molar-refractivity contribution is 6.30. The van der Waals surface area contributed by atoms with Gasteiger partial charge < -0.3 is 0 Å². The van der Waals surface area contributed by atoms with Crippen molar-refractivity contribution in [1.82, 2.24) is 15.0 Å². The normalized spacial score (nSPS) is 10.6. The minimum absolute atomic E-state index is 0.00203. The van der Waals surface area contributed by atoms with E-state index >= 15 is 0 Å². The predicted octanol–water partition coefficient (Wildman–Crippen LogP) is 5.68. The zero-order valence-corrected chi connectivity index (χ0v) is 15.5. The average Bonchev–Trinajstić information content (AvgIpc) is 2.74. The molecule has 7 heteroatoms. The molecule has 4 aromatic rings. The lowest BCUT2D eigenvalue weighted by Gasteiger charge is -2.09. The van der Waals surface area contributed by atoms with Gasteiger partial charge in [-0.2, -0.15) is 5.26 Å². The SMILES string of the molecule is N#Cc1ccc(F)c(-c2nc(-c3ccccc3)nc(-c3ccc(Cl)cc3F)n2)c1. The fourth-order valence-corrected chi connectivity index (χ4v) is 2.93. The lowest BCUT2D eigenvalue weighted by molar-refractivity contribution is 0.628. The minimum Gasteiger partial charge on any atom is -0.208 e. The second kappa shape index (κ2) is 7.74. The second-order valence-corrected chi connectivity index (χ2v) is 6.54. The van der Waals surface area contributed by atoms with Crippen LogP contribution in [0, 0.1) is 23.0 Å². The third-order valence-corrected chi connectivity index (χ3v) is 4.41. The Morgan fingerprint density at radius 3 is 2.10 bits per heavy atom. The first-order valence-corrected chi connectivity index (χ1v) is 8.90. The number of rotatable bonds is 3. The predicted molar refractivity (Wildman–Crippen MR) is 106 cm³/mol. The van der Waals surface area contributed by atoms with Gasteiger partial charge in [-0.25, -0.2) is 23.7 Å². The highest BCUT2D eigenvalue weighted by atomic mass is 35.5. The Bertz CT molecular complexity index is 1250. The zero-order valence-electron chi connectivity index (χ0n) is 14.8. The van der Waals surface area contributed by atoms with Crippen LogP contribution in [0.1, 0.15) is 5.56 Å². The molecule has 0 aliphatic heterocycles. The lowest BCUT2D eigenvalue weighted by Crippen LogP contribution is -2.02. The lowest BCUT2D eigenvalue weighted by atomic mass is 10.1. The van der Waals surface area contributed by atoms with E-state index in [-0.39, 0.29) is 39.2 Å². The first-order valence-electron chi connectivity index (χ1n) is 8.52. The van der Waals surface area contributed by atoms with Crippen molar-refractivity contribution in [3.8, 4) is 40.2 Å². The summed E-state index contributed by atoms with van der Waals surface area (Å²) in [5.41, 5.74) is 1.04. The van der Waals surface area contributed by atoms with Gasteiger partial charge in [0.15, 0.2) is 17.5 Å². The van der Waals surface area contributed by atoms with E-state index in [0.29, 0.717) is 5.56 Å². The van der Waals surface area contributed by atoms with Crippen LogP contribution in [-0.4, -0.2) is 15.0 Å². The standard InChI is InChI=1S/C22H11ClF2N4/c23-15-7-8-16(19(25)11-15)21-27-20(14-4-2-1-3-5-14)28-22(29-21)17-10-13(12-26)6-9-18(17)24/h1-11H. The van der Waals surface area contributed by atoms with Crippen LogP contribution < -0.4 is 0 Å². The topological polar surface area (TPSA) is 62.5 Å². The van der Waals surface area contributed by atoms with Gasteiger partial charge in [0.05, 0.1) is 22.8 Å². The van der Waals surface area contributed by atoms with Crippen LogP contribution in [0.4, 0.5) is 8.78 Å². The Kier molecular flexibility index (Phi) is 4.98. The number of aromatic nitrogens is 3. The molecule has 0 saturated heterocycles. The van der Waals surface area contributed by atoms with Crippen molar-refractivity contribution in [2.45, 2.75) is 0 Å². The molecule has 4 nitrogen and oxygen atoms in total. The maximum atomic E-state index is 14.5. The summed E-state index contributed by atoms with van der Waals surface area (Å²) in [4.78, 5) is 13.0. The van der Waals surface area contributed by atoms with E-state index in [1.807, 2.05) is 12.1 Å². The Morgan fingerprint density at radius 2 is 1.41 bits per heavy atom. The quantitative estimate of drug-likeness (QED) is 0.441. The van der Waals surface area contributed by atoms with Gasteiger partial charge in [-0.15, -0.1) is 0 Å². The van der Waals surface area contributed by atoms with Crippen molar-refractivity contribution in [2.75, 3.05) is 0 Å². The summed E-state index contributed by atoms with van der Waals surface area (Å²) < 4.78 is 29.0.